The van der Waals surface area contributed by atoms with Gasteiger partial charge in [-0.25, -0.2) is 13.1 Å². The van der Waals surface area contributed by atoms with Crippen LogP contribution in [0.1, 0.15) is 19.8 Å². The van der Waals surface area contributed by atoms with Crippen LogP contribution >= 0.6 is 0 Å². The minimum Gasteiger partial charge on any atom is -0.481 e. The number of ether oxygens (including phenoxy) is 1. The molecule has 7 heteroatoms. The molecule has 0 heterocycles. The van der Waals surface area contributed by atoms with Crippen LogP contribution in [0.15, 0.2) is 0 Å². The van der Waals surface area contributed by atoms with Gasteiger partial charge < -0.3 is 9.84 Å². The summed E-state index contributed by atoms with van der Waals surface area (Å²) in [6.07, 6.45) is 0.232. The molecule has 6 nitrogen and oxygen atoms in total. The predicted octanol–water partition coefficient (Wildman–Crippen LogP) is -0.194. The summed E-state index contributed by atoms with van der Waals surface area (Å²) in [5.74, 6) is -1.04. The van der Waals surface area contributed by atoms with Crippen molar-refractivity contribution in [2.75, 3.05) is 19.5 Å². The van der Waals surface area contributed by atoms with E-state index < -0.39 is 16.0 Å². The minimum absolute atomic E-state index is 0.0477. The molecule has 0 fully saturated rings. The van der Waals surface area contributed by atoms with E-state index in [1.54, 1.807) is 6.92 Å². The highest BCUT2D eigenvalue weighted by Gasteiger charge is 2.14. The van der Waals surface area contributed by atoms with Crippen LogP contribution in [-0.2, 0) is 19.6 Å². The first-order valence-electron chi connectivity index (χ1n) is 4.58. The van der Waals surface area contributed by atoms with Crippen molar-refractivity contribution in [2.24, 2.45) is 0 Å². The van der Waals surface area contributed by atoms with Crippen LogP contribution in [0.4, 0.5) is 0 Å². The van der Waals surface area contributed by atoms with Gasteiger partial charge in [-0.15, -0.1) is 0 Å². The Kier molecular flexibility index (Phi) is 6.46. The Hall–Kier alpha value is -0.660. The Bertz CT molecular complexity index is 287. The minimum atomic E-state index is -3.36. The van der Waals surface area contributed by atoms with E-state index in [0.717, 1.165) is 0 Å². The maximum atomic E-state index is 11.3. The normalized spacial score (nSPS) is 13.7. The fourth-order valence-electron chi connectivity index (χ4n) is 0.957. The van der Waals surface area contributed by atoms with Crippen LogP contribution in [0.25, 0.3) is 0 Å². The number of sulfonamides is 1. The third-order valence-corrected chi connectivity index (χ3v) is 3.19. The second-order valence-corrected chi connectivity index (χ2v) is 5.14. The third-order valence-electron chi connectivity index (χ3n) is 1.73. The molecule has 90 valence electrons. The molecule has 0 saturated heterocycles. The average molecular weight is 239 g/mol. The third kappa shape index (κ3) is 8.34. The molecule has 0 saturated carbocycles. The number of carboxylic acids is 1. The number of rotatable bonds is 8. The summed E-state index contributed by atoms with van der Waals surface area (Å²) in [6, 6.07) is -0.372. The van der Waals surface area contributed by atoms with E-state index in [4.69, 9.17) is 5.11 Å². The highest BCUT2D eigenvalue weighted by molar-refractivity contribution is 7.89. The summed E-state index contributed by atoms with van der Waals surface area (Å²) in [5.41, 5.74) is 0. The summed E-state index contributed by atoms with van der Waals surface area (Å²) in [4.78, 5) is 10.2. The number of carboxylic acid groups (broad SMARTS) is 1. The Balaban J connectivity index is 3.93. The first-order valence-corrected chi connectivity index (χ1v) is 6.23. The van der Waals surface area contributed by atoms with Gasteiger partial charge in [-0.3, -0.25) is 4.79 Å². The van der Waals surface area contributed by atoms with Gasteiger partial charge in [0.1, 0.15) is 0 Å². The largest absolute Gasteiger partial charge is 0.481 e. The smallest absolute Gasteiger partial charge is 0.303 e. The van der Waals surface area contributed by atoms with Gasteiger partial charge in [-0.1, -0.05) is 0 Å². The fourth-order valence-corrected chi connectivity index (χ4v) is 2.19. The second kappa shape index (κ2) is 6.76. The second-order valence-electron chi connectivity index (χ2n) is 3.26. The molecule has 2 N–H and O–H groups in total. The zero-order valence-electron chi connectivity index (χ0n) is 8.89. The van der Waals surface area contributed by atoms with E-state index in [0.29, 0.717) is 0 Å². The van der Waals surface area contributed by atoms with Crippen molar-refractivity contribution in [1.82, 2.24) is 4.72 Å². The van der Waals surface area contributed by atoms with E-state index in [1.165, 1.54) is 7.11 Å². The lowest BCUT2D eigenvalue weighted by atomic mass is 10.2. The summed E-state index contributed by atoms with van der Waals surface area (Å²) in [5, 5.41) is 8.40. The van der Waals surface area contributed by atoms with E-state index in [2.05, 4.69) is 9.46 Å². The lowest BCUT2D eigenvalue weighted by Crippen LogP contribution is -2.35. The topological polar surface area (TPSA) is 92.7 Å². The fraction of sp³-hybridized carbons (Fsp3) is 0.875. The molecular formula is C8H17NO5S. The van der Waals surface area contributed by atoms with Crippen LogP contribution in [-0.4, -0.2) is 45.0 Å². The first-order chi connectivity index (χ1) is 6.87. The highest BCUT2D eigenvalue weighted by atomic mass is 32.2. The van der Waals surface area contributed by atoms with Crippen molar-refractivity contribution in [2.45, 2.75) is 25.8 Å². The average Bonchev–Trinajstić information content (AvgIpc) is 2.11. The Morgan fingerprint density at radius 1 is 1.53 bits per heavy atom. The molecule has 0 aliphatic rings. The van der Waals surface area contributed by atoms with Crippen molar-refractivity contribution in [3.63, 3.8) is 0 Å². The maximum absolute atomic E-state index is 11.3. The zero-order valence-corrected chi connectivity index (χ0v) is 9.71. The van der Waals surface area contributed by atoms with Crippen LogP contribution in [0, 0.1) is 0 Å². The van der Waals surface area contributed by atoms with Crippen molar-refractivity contribution >= 4 is 16.0 Å². The summed E-state index contributed by atoms with van der Waals surface area (Å²) in [7, 11) is -1.94. The number of methoxy groups -OCH3 is 1. The molecule has 0 aromatic rings. The van der Waals surface area contributed by atoms with Gasteiger partial charge in [-0.05, 0) is 13.3 Å². The van der Waals surface area contributed by atoms with Crippen LogP contribution in [0.2, 0.25) is 0 Å². The van der Waals surface area contributed by atoms with E-state index in [-0.39, 0.29) is 31.2 Å². The molecule has 0 radical (unpaired) electrons. The molecular weight excluding hydrogens is 222 g/mol. The lowest BCUT2D eigenvalue weighted by Gasteiger charge is -2.12. The van der Waals surface area contributed by atoms with Crippen molar-refractivity contribution < 1.29 is 23.1 Å². The lowest BCUT2D eigenvalue weighted by molar-refractivity contribution is -0.137. The van der Waals surface area contributed by atoms with Gasteiger partial charge in [0.15, 0.2) is 0 Å². The van der Waals surface area contributed by atoms with Gasteiger partial charge in [-0.2, -0.15) is 0 Å². The van der Waals surface area contributed by atoms with Gasteiger partial charge in [0.2, 0.25) is 10.0 Å². The van der Waals surface area contributed by atoms with Crippen molar-refractivity contribution in [1.29, 1.82) is 0 Å². The van der Waals surface area contributed by atoms with Gasteiger partial charge >= 0.3 is 5.97 Å². The summed E-state index contributed by atoms with van der Waals surface area (Å²) >= 11 is 0. The number of carbonyl (C=O) groups is 1. The van der Waals surface area contributed by atoms with Gasteiger partial charge in [0.05, 0.1) is 12.4 Å². The molecule has 0 aromatic carbocycles. The summed E-state index contributed by atoms with van der Waals surface area (Å²) in [6.45, 7) is 1.76. The highest BCUT2D eigenvalue weighted by Crippen LogP contribution is 1.99. The Morgan fingerprint density at radius 3 is 2.60 bits per heavy atom. The monoisotopic (exact) mass is 239 g/mol. The molecule has 0 aromatic heterocycles. The molecule has 15 heavy (non-hydrogen) atoms. The standard InChI is InChI=1S/C8H17NO5S/c1-7(3-4-8(10)11)9-15(12,13)6-5-14-2/h7,9H,3-6H2,1-2H3,(H,10,11). The van der Waals surface area contributed by atoms with Crippen LogP contribution in [0.5, 0.6) is 0 Å². The Morgan fingerprint density at radius 2 is 2.13 bits per heavy atom. The Labute approximate surface area is 89.7 Å². The molecule has 0 rings (SSSR count). The predicted molar refractivity (Wildman–Crippen MR) is 55.1 cm³/mol. The van der Waals surface area contributed by atoms with E-state index in [1.807, 2.05) is 0 Å². The maximum Gasteiger partial charge on any atom is 0.303 e. The number of aliphatic carboxylic acids is 1. The first kappa shape index (κ1) is 14.3. The molecule has 0 spiro atoms. The molecule has 1 atom stereocenters. The molecule has 0 amide bonds. The molecule has 1 unspecified atom stereocenters. The van der Waals surface area contributed by atoms with Gasteiger partial charge in [0, 0.05) is 19.6 Å². The van der Waals surface area contributed by atoms with Crippen molar-refractivity contribution in [3.8, 4) is 0 Å². The number of hydrogen-bond donors (Lipinski definition) is 2. The quantitative estimate of drug-likeness (QED) is 0.612. The van der Waals surface area contributed by atoms with E-state index >= 15 is 0 Å². The molecule has 0 aliphatic heterocycles. The SMILES string of the molecule is COCCS(=O)(=O)NC(C)CCC(=O)O. The summed E-state index contributed by atoms with van der Waals surface area (Å²) < 4.78 is 29.6. The van der Waals surface area contributed by atoms with Crippen LogP contribution < -0.4 is 4.72 Å². The van der Waals surface area contributed by atoms with Gasteiger partial charge in [0.25, 0.3) is 0 Å². The number of nitrogens with one attached hydrogen (secondary N) is 1. The van der Waals surface area contributed by atoms with Crippen molar-refractivity contribution in [3.05, 3.63) is 0 Å². The zero-order chi connectivity index (χ0) is 11.9. The number of hydrogen-bond acceptors (Lipinski definition) is 4. The van der Waals surface area contributed by atoms with E-state index in [9.17, 15) is 13.2 Å². The molecule has 0 bridgehead atoms. The van der Waals surface area contributed by atoms with Crippen LogP contribution in [0.3, 0.4) is 0 Å². The molecule has 0 aliphatic carbocycles.